The highest BCUT2D eigenvalue weighted by Crippen LogP contribution is 2.24. The lowest BCUT2D eigenvalue weighted by atomic mass is 9.90. The Hall–Kier alpha value is -0.430. The third-order valence-corrected chi connectivity index (χ3v) is 3.16. The summed E-state index contributed by atoms with van der Waals surface area (Å²) in [6, 6.07) is 0. The molecule has 1 rings (SSSR count). The monoisotopic (exact) mass is 243 g/mol. The standard InChI is InChI=1S/C14H25N.ClH/c1-3-5-7-8-13-10-11-15-14(12-13)9-6-4-2;/h4,9,13,15H,2-3,5-8,10-12H2,1H3;1H/b14-9+;. The summed E-state index contributed by atoms with van der Waals surface area (Å²) in [7, 11) is 0. The van der Waals surface area contributed by atoms with E-state index in [1.165, 1.54) is 50.8 Å². The van der Waals surface area contributed by atoms with Crippen molar-refractivity contribution in [2.75, 3.05) is 6.54 Å². The van der Waals surface area contributed by atoms with Crippen LogP contribution < -0.4 is 5.32 Å². The van der Waals surface area contributed by atoms with Gasteiger partial charge in [-0.25, -0.2) is 0 Å². The lowest BCUT2D eigenvalue weighted by molar-refractivity contribution is 0.377. The van der Waals surface area contributed by atoms with Crippen molar-refractivity contribution in [1.82, 2.24) is 5.32 Å². The minimum absolute atomic E-state index is 0. The van der Waals surface area contributed by atoms with Crippen molar-refractivity contribution in [1.29, 1.82) is 0 Å². The summed E-state index contributed by atoms with van der Waals surface area (Å²) in [5.74, 6) is 0.925. The maximum Gasteiger partial charge on any atom is 0.0146 e. The Labute approximate surface area is 107 Å². The molecule has 1 atom stereocenters. The number of allylic oxidation sites excluding steroid dienone is 3. The van der Waals surface area contributed by atoms with E-state index in [0.717, 1.165) is 12.3 Å². The molecule has 0 spiro atoms. The van der Waals surface area contributed by atoms with Gasteiger partial charge in [0.1, 0.15) is 0 Å². The molecule has 0 amide bonds. The van der Waals surface area contributed by atoms with E-state index in [-0.39, 0.29) is 12.4 Å². The van der Waals surface area contributed by atoms with Crippen LogP contribution in [0.4, 0.5) is 0 Å². The van der Waals surface area contributed by atoms with Gasteiger partial charge in [-0.2, -0.15) is 0 Å². The van der Waals surface area contributed by atoms with Crippen molar-refractivity contribution in [3.05, 3.63) is 24.4 Å². The van der Waals surface area contributed by atoms with Crippen LogP contribution in [-0.2, 0) is 0 Å². The second-order valence-corrected chi connectivity index (χ2v) is 4.54. The van der Waals surface area contributed by atoms with Crippen molar-refractivity contribution < 1.29 is 0 Å². The van der Waals surface area contributed by atoms with Crippen LogP contribution in [0.3, 0.4) is 0 Å². The molecule has 0 saturated carbocycles. The molecular weight excluding hydrogens is 218 g/mol. The number of hydrogen-bond acceptors (Lipinski definition) is 1. The van der Waals surface area contributed by atoms with E-state index in [1.807, 2.05) is 6.08 Å². The van der Waals surface area contributed by atoms with Gasteiger partial charge in [0.15, 0.2) is 0 Å². The summed E-state index contributed by atoms with van der Waals surface area (Å²) in [5, 5.41) is 3.49. The second-order valence-electron chi connectivity index (χ2n) is 4.54. The molecule has 1 N–H and O–H groups in total. The van der Waals surface area contributed by atoms with Crippen molar-refractivity contribution in [2.24, 2.45) is 5.92 Å². The zero-order valence-electron chi connectivity index (χ0n) is 10.5. The first kappa shape index (κ1) is 15.6. The Morgan fingerprint density at radius 1 is 1.44 bits per heavy atom. The first-order valence-corrected chi connectivity index (χ1v) is 6.40. The van der Waals surface area contributed by atoms with Crippen LogP contribution in [0.2, 0.25) is 0 Å². The third-order valence-electron chi connectivity index (χ3n) is 3.16. The number of halogens is 1. The largest absolute Gasteiger partial charge is 0.389 e. The van der Waals surface area contributed by atoms with Crippen molar-refractivity contribution in [3.63, 3.8) is 0 Å². The van der Waals surface area contributed by atoms with Crippen LogP contribution in [0.15, 0.2) is 24.4 Å². The van der Waals surface area contributed by atoms with Crippen LogP contribution in [0.5, 0.6) is 0 Å². The Morgan fingerprint density at radius 2 is 2.25 bits per heavy atom. The molecule has 16 heavy (non-hydrogen) atoms. The number of unbranched alkanes of at least 4 members (excludes halogenated alkanes) is 2. The zero-order chi connectivity index (χ0) is 10.9. The van der Waals surface area contributed by atoms with Gasteiger partial charge in [0.05, 0.1) is 0 Å². The summed E-state index contributed by atoms with van der Waals surface area (Å²) in [5.41, 5.74) is 1.45. The van der Waals surface area contributed by atoms with Crippen LogP contribution in [0, 0.1) is 5.92 Å². The lowest BCUT2D eigenvalue weighted by Crippen LogP contribution is -2.26. The molecule has 0 bridgehead atoms. The van der Waals surface area contributed by atoms with Gasteiger partial charge < -0.3 is 5.32 Å². The van der Waals surface area contributed by atoms with E-state index in [0.29, 0.717) is 0 Å². The van der Waals surface area contributed by atoms with Gasteiger partial charge in [-0.05, 0) is 25.2 Å². The highest BCUT2D eigenvalue weighted by molar-refractivity contribution is 5.85. The SMILES string of the molecule is C=CC/C=C1\CC(CCCCC)CCN1.Cl. The van der Waals surface area contributed by atoms with Crippen molar-refractivity contribution in [3.8, 4) is 0 Å². The first-order valence-electron chi connectivity index (χ1n) is 6.40. The quantitative estimate of drug-likeness (QED) is 0.537. The maximum atomic E-state index is 3.75. The smallest absolute Gasteiger partial charge is 0.0146 e. The minimum atomic E-state index is 0. The molecule has 1 heterocycles. The van der Waals surface area contributed by atoms with Crippen LogP contribution >= 0.6 is 12.4 Å². The molecule has 2 heteroatoms. The third kappa shape index (κ3) is 6.22. The van der Waals surface area contributed by atoms with E-state index < -0.39 is 0 Å². The average molecular weight is 244 g/mol. The summed E-state index contributed by atoms with van der Waals surface area (Å²) in [6.07, 6.45) is 13.4. The lowest BCUT2D eigenvalue weighted by Gasteiger charge is -2.25. The van der Waals surface area contributed by atoms with Crippen molar-refractivity contribution >= 4 is 12.4 Å². The van der Waals surface area contributed by atoms with Crippen LogP contribution in [0.1, 0.15) is 51.9 Å². The maximum absolute atomic E-state index is 3.75. The molecule has 1 aliphatic rings. The second kappa shape index (κ2) is 9.77. The molecule has 1 saturated heterocycles. The molecule has 94 valence electrons. The Balaban J connectivity index is 0.00000225. The predicted molar refractivity (Wildman–Crippen MR) is 75.0 cm³/mol. The van der Waals surface area contributed by atoms with Gasteiger partial charge in [-0.1, -0.05) is 44.8 Å². The summed E-state index contributed by atoms with van der Waals surface area (Å²) in [6.45, 7) is 7.19. The molecule has 0 aromatic carbocycles. The number of rotatable bonds is 6. The molecule has 0 radical (unpaired) electrons. The van der Waals surface area contributed by atoms with Gasteiger partial charge in [0.2, 0.25) is 0 Å². The Bertz CT molecular complexity index is 211. The molecule has 0 aromatic heterocycles. The molecule has 0 aliphatic carbocycles. The van der Waals surface area contributed by atoms with E-state index in [4.69, 9.17) is 0 Å². The molecule has 1 fully saturated rings. The topological polar surface area (TPSA) is 12.0 Å². The summed E-state index contributed by atoms with van der Waals surface area (Å²) >= 11 is 0. The highest BCUT2D eigenvalue weighted by atomic mass is 35.5. The minimum Gasteiger partial charge on any atom is -0.389 e. The normalized spacial score (nSPS) is 22.3. The van der Waals surface area contributed by atoms with Crippen LogP contribution in [-0.4, -0.2) is 6.54 Å². The van der Waals surface area contributed by atoms with E-state index in [2.05, 4.69) is 24.9 Å². The van der Waals surface area contributed by atoms with Crippen LogP contribution in [0.25, 0.3) is 0 Å². The molecule has 1 nitrogen and oxygen atoms in total. The Kier molecular flexibility index (Phi) is 9.51. The fraction of sp³-hybridized carbons (Fsp3) is 0.714. The number of piperidine rings is 1. The van der Waals surface area contributed by atoms with E-state index >= 15 is 0 Å². The predicted octanol–water partition coefficient (Wildman–Crippen LogP) is 4.45. The number of hydrogen-bond donors (Lipinski definition) is 1. The average Bonchev–Trinajstić information content (AvgIpc) is 2.27. The summed E-state index contributed by atoms with van der Waals surface area (Å²) in [4.78, 5) is 0. The van der Waals surface area contributed by atoms with Gasteiger partial charge in [0.25, 0.3) is 0 Å². The summed E-state index contributed by atoms with van der Waals surface area (Å²) < 4.78 is 0. The molecule has 0 aromatic rings. The van der Waals surface area contributed by atoms with Gasteiger partial charge >= 0.3 is 0 Å². The highest BCUT2D eigenvalue weighted by Gasteiger charge is 2.15. The van der Waals surface area contributed by atoms with Gasteiger partial charge in [-0.15, -0.1) is 19.0 Å². The molecular formula is C14H26ClN. The van der Waals surface area contributed by atoms with E-state index in [1.54, 1.807) is 0 Å². The first-order chi connectivity index (χ1) is 7.36. The fourth-order valence-corrected chi connectivity index (χ4v) is 2.23. The molecule has 1 unspecified atom stereocenters. The van der Waals surface area contributed by atoms with Crippen molar-refractivity contribution in [2.45, 2.75) is 51.9 Å². The van der Waals surface area contributed by atoms with Gasteiger partial charge in [-0.3, -0.25) is 0 Å². The zero-order valence-corrected chi connectivity index (χ0v) is 11.3. The fourth-order valence-electron chi connectivity index (χ4n) is 2.23. The van der Waals surface area contributed by atoms with Gasteiger partial charge in [0, 0.05) is 12.2 Å². The molecule has 1 aliphatic heterocycles. The Morgan fingerprint density at radius 3 is 2.94 bits per heavy atom. The van der Waals surface area contributed by atoms with E-state index in [9.17, 15) is 0 Å². The number of nitrogens with one attached hydrogen (secondary N) is 1.